The lowest BCUT2D eigenvalue weighted by atomic mass is 10.1. The summed E-state index contributed by atoms with van der Waals surface area (Å²) in [6, 6.07) is 6.25. The fourth-order valence-electron chi connectivity index (χ4n) is 1.71. The monoisotopic (exact) mass is 311 g/mol. The van der Waals surface area contributed by atoms with Crippen molar-refractivity contribution in [3.8, 4) is 0 Å². The molecule has 0 aliphatic carbocycles. The first-order valence-electron chi connectivity index (χ1n) is 5.31. The molecule has 0 radical (unpaired) electrons. The molecule has 0 bridgehead atoms. The van der Waals surface area contributed by atoms with Gasteiger partial charge in [0, 0.05) is 27.7 Å². The molecular formula is C12H14BrN3S. The van der Waals surface area contributed by atoms with Crippen LogP contribution in [0.1, 0.15) is 22.2 Å². The zero-order valence-corrected chi connectivity index (χ0v) is 11.9. The number of hydrogen-bond acceptors (Lipinski definition) is 4. The fourth-order valence-corrected chi connectivity index (χ4v) is 2.93. The highest BCUT2D eigenvalue weighted by Gasteiger charge is 2.14. The van der Waals surface area contributed by atoms with Crippen LogP contribution in [0.3, 0.4) is 0 Å². The Kier molecular flexibility index (Phi) is 4.28. The summed E-state index contributed by atoms with van der Waals surface area (Å²) in [5, 5.41) is 2.09. The molecule has 0 fully saturated rings. The van der Waals surface area contributed by atoms with E-state index in [2.05, 4.69) is 44.7 Å². The first-order chi connectivity index (χ1) is 8.20. The van der Waals surface area contributed by atoms with Crippen LogP contribution in [0, 0.1) is 6.92 Å². The Balaban J connectivity index is 2.16. The molecule has 1 atom stereocenters. The van der Waals surface area contributed by atoms with Crippen molar-refractivity contribution in [2.75, 3.05) is 0 Å². The molecule has 5 heteroatoms. The Hall–Kier alpha value is -0.750. The Bertz CT molecular complexity index is 481. The van der Waals surface area contributed by atoms with Crippen molar-refractivity contribution < 1.29 is 0 Å². The maximum Gasteiger partial charge on any atom is 0.0611 e. The normalized spacial score (nSPS) is 12.6. The van der Waals surface area contributed by atoms with Gasteiger partial charge in [-0.25, -0.2) is 0 Å². The van der Waals surface area contributed by atoms with E-state index in [1.807, 2.05) is 18.3 Å². The molecule has 17 heavy (non-hydrogen) atoms. The summed E-state index contributed by atoms with van der Waals surface area (Å²) in [5.74, 6) is 5.63. The molecule has 3 nitrogen and oxygen atoms in total. The molecule has 0 aliphatic heterocycles. The molecule has 0 saturated heterocycles. The van der Waals surface area contributed by atoms with Gasteiger partial charge in [0.05, 0.1) is 6.04 Å². The zero-order valence-electron chi connectivity index (χ0n) is 9.48. The van der Waals surface area contributed by atoms with Gasteiger partial charge in [0.15, 0.2) is 0 Å². The van der Waals surface area contributed by atoms with Crippen molar-refractivity contribution in [2.24, 2.45) is 5.84 Å². The fraction of sp³-hybridized carbons (Fsp3) is 0.250. The lowest BCUT2D eigenvalue weighted by Gasteiger charge is -2.15. The van der Waals surface area contributed by atoms with E-state index in [9.17, 15) is 0 Å². The summed E-state index contributed by atoms with van der Waals surface area (Å²) in [6.45, 7) is 2.10. The number of nitrogens with zero attached hydrogens (tertiary/aromatic N) is 1. The van der Waals surface area contributed by atoms with Gasteiger partial charge in [-0.3, -0.25) is 16.3 Å². The highest BCUT2D eigenvalue weighted by atomic mass is 79.9. The van der Waals surface area contributed by atoms with Crippen LogP contribution in [0.15, 0.2) is 34.2 Å². The summed E-state index contributed by atoms with van der Waals surface area (Å²) in [5.41, 5.74) is 5.17. The standard InChI is InChI=1S/C12H14BrN3S/c1-8-4-5-17-12(8)11(16-14)6-10-3-2-9(13)7-15-10/h2-5,7,11,16H,6,14H2,1H3. The van der Waals surface area contributed by atoms with Gasteiger partial charge in [0.2, 0.25) is 0 Å². The van der Waals surface area contributed by atoms with Crippen LogP contribution in [0.2, 0.25) is 0 Å². The van der Waals surface area contributed by atoms with Gasteiger partial charge in [-0.2, -0.15) is 0 Å². The predicted octanol–water partition coefficient (Wildman–Crippen LogP) is 2.96. The number of hydrogen-bond donors (Lipinski definition) is 2. The molecule has 2 heterocycles. The number of rotatable bonds is 4. The minimum atomic E-state index is 0.128. The molecule has 2 rings (SSSR count). The van der Waals surface area contributed by atoms with E-state index in [4.69, 9.17) is 5.84 Å². The van der Waals surface area contributed by atoms with Crippen LogP contribution in [-0.2, 0) is 6.42 Å². The van der Waals surface area contributed by atoms with Gasteiger partial charge in [-0.1, -0.05) is 0 Å². The number of halogens is 1. The topological polar surface area (TPSA) is 50.9 Å². The molecule has 0 aromatic carbocycles. The highest BCUT2D eigenvalue weighted by Crippen LogP contribution is 2.25. The number of hydrazine groups is 1. The van der Waals surface area contributed by atoms with Crippen LogP contribution in [0.5, 0.6) is 0 Å². The number of thiophene rings is 1. The van der Waals surface area contributed by atoms with Crippen molar-refractivity contribution in [3.05, 3.63) is 50.4 Å². The number of pyridine rings is 1. The Labute approximate surface area is 113 Å². The zero-order chi connectivity index (χ0) is 12.3. The van der Waals surface area contributed by atoms with E-state index < -0.39 is 0 Å². The van der Waals surface area contributed by atoms with Crippen molar-refractivity contribution >= 4 is 27.3 Å². The Morgan fingerprint density at radius 3 is 2.82 bits per heavy atom. The average molecular weight is 312 g/mol. The maximum absolute atomic E-state index is 5.63. The average Bonchev–Trinajstić information content (AvgIpc) is 2.75. The van der Waals surface area contributed by atoms with Crippen LogP contribution >= 0.6 is 27.3 Å². The first-order valence-corrected chi connectivity index (χ1v) is 6.98. The van der Waals surface area contributed by atoms with Gasteiger partial charge in [-0.05, 0) is 52.0 Å². The molecule has 0 saturated carbocycles. The molecule has 0 spiro atoms. The van der Waals surface area contributed by atoms with Crippen molar-refractivity contribution in [3.63, 3.8) is 0 Å². The largest absolute Gasteiger partial charge is 0.271 e. The summed E-state index contributed by atoms with van der Waals surface area (Å²) in [7, 11) is 0. The Morgan fingerprint density at radius 1 is 1.47 bits per heavy atom. The molecule has 3 N–H and O–H groups in total. The summed E-state index contributed by atoms with van der Waals surface area (Å²) >= 11 is 5.10. The maximum atomic E-state index is 5.63. The van der Waals surface area contributed by atoms with Gasteiger partial charge in [-0.15, -0.1) is 11.3 Å². The van der Waals surface area contributed by atoms with Crippen LogP contribution in [0.4, 0.5) is 0 Å². The third kappa shape index (κ3) is 3.13. The lowest BCUT2D eigenvalue weighted by molar-refractivity contribution is 0.552. The van der Waals surface area contributed by atoms with Crippen LogP contribution in [0.25, 0.3) is 0 Å². The van der Waals surface area contributed by atoms with E-state index in [1.54, 1.807) is 11.3 Å². The second kappa shape index (κ2) is 5.73. The third-order valence-corrected chi connectivity index (χ3v) is 4.22. The number of nitrogens with two attached hydrogens (primary N) is 1. The molecule has 1 unspecified atom stereocenters. The van der Waals surface area contributed by atoms with Crippen molar-refractivity contribution in [1.29, 1.82) is 0 Å². The first kappa shape index (κ1) is 12.7. The molecule has 0 amide bonds. The smallest absolute Gasteiger partial charge is 0.0611 e. The molecule has 90 valence electrons. The third-order valence-electron chi connectivity index (χ3n) is 2.62. The minimum absolute atomic E-state index is 0.128. The molecule has 2 aromatic rings. The van der Waals surface area contributed by atoms with E-state index in [-0.39, 0.29) is 6.04 Å². The summed E-state index contributed by atoms with van der Waals surface area (Å²) < 4.78 is 0.991. The van der Waals surface area contributed by atoms with E-state index in [1.165, 1.54) is 10.4 Å². The second-order valence-corrected chi connectivity index (χ2v) is 5.72. The highest BCUT2D eigenvalue weighted by molar-refractivity contribution is 9.10. The van der Waals surface area contributed by atoms with Crippen LogP contribution < -0.4 is 11.3 Å². The summed E-state index contributed by atoms with van der Waals surface area (Å²) in [4.78, 5) is 5.64. The molecular weight excluding hydrogens is 298 g/mol. The quantitative estimate of drug-likeness (QED) is 0.674. The lowest BCUT2D eigenvalue weighted by Crippen LogP contribution is -2.29. The summed E-state index contributed by atoms with van der Waals surface area (Å²) in [6.07, 6.45) is 2.61. The van der Waals surface area contributed by atoms with Gasteiger partial charge in [0.25, 0.3) is 0 Å². The van der Waals surface area contributed by atoms with Gasteiger partial charge in [0.1, 0.15) is 0 Å². The SMILES string of the molecule is Cc1ccsc1C(Cc1ccc(Br)cn1)NN. The van der Waals surface area contributed by atoms with E-state index in [0.717, 1.165) is 16.6 Å². The number of aryl methyl sites for hydroxylation is 1. The minimum Gasteiger partial charge on any atom is -0.271 e. The molecule has 2 aromatic heterocycles. The van der Waals surface area contributed by atoms with Gasteiger partial charge >= 0.3 is 0 Å². The van der Waals surface area contributed by atoms with Crippen molar-refractivity contribution in [1.82, 2.24) is 10.4 Å². The predicted molar refractivity (Wildman–Crippen MR) is 74.8 cm³/mol. The van der Waals surface area contributed by atoms with Crippen molar-refractivity contribution in [2.45, 2.75) is 19.4 Å². The number of aromatic nitrogens is 1. The Morgan fingerprint density at radius 2 is 2.29 bits per heavy atom. The van der Waals surface area contributed by atoms with E-state index in [0.29, 0.717) is 0 Å². The second-order valence-electron chi connectivity index (χ2n) is 3.86. The number of nitrogens with one attached hydrogen (secondary N) is 1. The van der Waals surface area contributed by atoms with Gasteiger partial charge < -0.3 is 0 Å². The molecule has 0 aliphatic rings. The van der Waals surface area contributed by atoms with Crippen LogP contribution in [-0.4, -0.2) is 4.98 Å². The van der Waals surface area contributed by atoms with E-state index >= 15 is 0 Å².